The van der Waals surface area contributed by atoms with Gasteiger partial charge in [0.1, 0.15) is 5.82 Å². The van der Waals surface area contributed by atoms with Gasteiger partial charge in [-0.25, -0.2) is 0 Å². The molecular formula is C20H13ClN4O4. The fraction of sp³-hybridized carbons (Fsp3) is 0. The molecule has 3 amide bonds. The molecule has 0 radical (unpaired) electrons. The highest BCUT2D eigenvalue weighted by Gasteiger charge is 2.31. The molecule has 0 atom stereocenters. The minimum Gasteiger partial charge on any atom is -0.384 e. The maximum absolute atomic E-state index is 12.4. The van der Waals surface area contributed by atoms with E-state index >= 15 is 0 Å². The molecular weight excluding hydrogens is 396 g/mol. The van der Waals surface area contributed by atoms with Crippen molar-refractivity contribution in [2.45, 2.75) is 0 Å². The van der Waals surface area contributed by atoms with Gasteiger partial charge in [0.25, 0.3) is 23.3 Å². The number of hydrogen-bond acceptors (Lipinski definition) is 5. The lowest BCUT2D eigenvalue weighted by Gasteiger charge is -2.13. The zero-order valence-corrected chi connectivity index (χ0v) is 15.5. The first-order chi connectivity index (χ1) is 13.9. The van der Waals surface area contributed by atoms with Crippen molar-refractivity contribution in [2.24, 2.45) is 0 Å². The van der Waals surface area contributed by atoms with Crippen molar-refractivity contribution < 1.29 is 14.4 Å². The van der Waals surface area contributed by atoms with Gasteiger partial charge in [-0.1, -0.05) is 23.7 Å². The van der Waals surface area contributed by atoms with Crippen molar-refractivity contribution in [3.63, 3.8) is 0 Å². The average molecular weight is 409 g/mol. The van der Waals surface area contributed by atoms with E-state index in [1.54, 1.807) is 48.5 Å². The van der Waals surface area contributed by atoms with E-state index in [1.807, 2.05) is 0 Å². The molecule has 0 saturated heterocycles. The lowest BCUT2D eigenvalue weighted by molar-refractivity contribution is 0.0879. The van der Waals surface area contributed by atoms with Gasteiger partial charge in [-0.05, 0) is 36.4 Å². The molecule has 9 heteroatoms. The van der Waals surface area contributed by atoms with Crippen LogP contribution >= 0.6 is 11.6 Å². The van der Waals surface area contributed by atoms with E-state index in [4.69, 9.17) is 17.3 Å². The Balaban J connectivity index is 1.66. The molecule has 1 aliphatic heterocycles. The van der Waals surface area contributed by atoms with Crippen LogP contribution in [0.5, 0.6) is 0 Å². The summed E-state index contributed by atoms with van der Waals surface area (Å²) in [6.45, 7) is 0. The standard InChI is InChI=1S/C20H13ClN4O4/c21-14-4-2-1-3-12(14)18(27)23-10-5-7-11(8-6-10)25-15(26)9-13-16(17(25)22)20(29)24-19(13)28/h1-9H,22H2,(H,23,27)(H,24,28,29). The van der Waals surface area contributed by atoms with Gasteiger partial charge in [-0.2, -0.15) is 0 Å². The van der Waals surface area contributed by atoms with Gasteiger partial charge in [0, 0.05) is 11.8 Å². The first-order valence-electron chi connectivity index (χ1n) is 8.44. The summed E-state index contributed by atoms with van der Waals surface area (Å²) in [4.78, 5) is 48.5. The predicted octanol–water partition coefficient (Wildman–Crippen LogP) is 2.21. The van der Waals surface area contributed by atoms with Crippen LogP contribution in [0.2, 0.25) is 5.02 Å². The average Bonchev–Trinajstić information content (AvgIpc) is 2.97. The molecule has 8 nitrogen and oxygen atoms in total. The number of carbonyl (C=O) groups excluding carboxylic acids is 3. The van der Waals surface area contributed by atoms with Crippen molar-refractivity contribution >= 4 is 40.8 Å². The third-order valence-electron chi connectivity index (χ3n) is 4.46. The van der Waals surface area contributed by atoms with Crippen LogP contribution in [0.3, 0.4) is 0 Å². The van der Waals surface area contributed by atoms with Crippen LogP contribution in [-0.2, 0) is 0 Å². The molecule has 0 aliphatic carbocycles. The third kappa shape index (κ3) is 3.15. The summed E-state index contributed by atoms with van der Waals surface area (Å²) in [5.41, 5.74) is 6.53. The number of carbonyl (C=O) groups is 3. The van der Waals surface area contributed by atoms with E-state index < -0.39 is 17.4 Å². The number of nitrogens with one attached hydrogen (secondary N) is 2. The number of halogens is 1. The molecule has 0 spiro atoms. The Morgan fingerprint density at radius 3 is 2.38 bits per heavy atom. The van der Waals surface area contributed by atoms with Crippen LogP contribution in [-0.4, -0.2) is 22.3 Å². The van der Waals surface area contributed by atoms with E-state index in [-0.39, 0.29) is 22.9 Å². The lowest BCUT2D eigenvalue weighted by atomic mass is 10.1. The number of nitrogens with two attached hydrogens (primary N) is 1. The molecule has 1 aliphatic rings. The summed E-state index contributed by atoms with van der Waals surface area (Å²) in [6, 6.07) is 14.0. The molecule has 29 heavy (non-hydrogen) atoms. The number of amides is 3. The summed E-state index contributed by atoms with van der Waals surface area (Å²) >= 11 is 6.02. The fourth-order valence-electron chi connectivity index (χ4n) is 3.08. The molecule has 0 bridgehead atoms. The quantitative estimate of drug-likeness (QED) is 0.573. The maximum Gasteiger partial charge on any atom is 0.262 e. The van der Waals surface area contributed by atoms with Gasteiger partial charge in [0.05, 0.1) is 27.4 Å². The second-order valence-electron chi connectivity index (χ2n) is 6.26. The number of hydrogen-bond donors (Lipinski definition) is 3. The molecule has 2 aromatic carbocycles. The molecule has 1 aromatic heterocycles. The number of imide groups is 1. The highest BCUT2D eigenvalue weighted by Crippen LogP contribution is 2.24. The number of fused-ring (bicyclic) bond motifs is 1. The number of benzene rings is 2. The van der Waals surface area contributed by atoms with Gasteiger partial charge in [0.2, 0.25) is 0 Å². The Bertz CT molecular complexity index is 1250. The Morgan fingerprint density at radius 2 is 1.69 bits per heavy atom. The van der Waals surface area contributed by atoms with Crippen molar-refractivity contribution in [3.8, 4) is 5.69 Å². The summed E-state index contributed by atoms with van der Waals surface area (Å²) in [5, 5.41) is 5.15. The second kappa shape index (κ2) is 6.92. The summed E-state index contributed by atoms with van der Waals surface area (Å²) < 4.78 is 1.12. The maximum atomic E-state index is 12.4. The van der Waals surface area contributed by atoms with Crippen LogP contribution < -0.4 is 21.9 Å². The minimum atomic E-state index is -0.654. The Morgan fingerprint density at radius 1 is 1.00 bits per heavy atom. The van der Waals surface area contributed by atoms with Gasteiger partial charge in [-0.3, -0.25) is 29.1 Å². The van der Waals surface area contributed by atoms with E-state index in [2.05, 4.69) is 10.6 Å². The highest BCUT2D eigenvalue weighted by atomic mass is 35.5. The zero-order valence-electron chi connectivity index (χ0n) is 14.7. The van der Waals surface area contributed by atoms with E-state index in [0.29, 0.717) is 22.0 Å². The van der Waals surface area contributed by atoms with Crippen LogP contribution in [0.1, 0.15) is 31.1 Å². The molecule has 4 N–H and O–H groups in total. The van der Waals surface area contributed by atoms with E-state index in [1.165, 1.54) is 0 Å². The van der Waals surface area contributed by atoms with E-state index in [0.717, 1.165) is 10.6 Å². The van der Waals surface area contributed by atoms with Crippen LogP contribution in [0.15, 0.2) is 59.4 Å². The van der Waals surface area contributed by atoms with Gasteiger partial charge >= 0.3 is 0 Å². The van der Waals surface area contributed by atoms with Crippen molar-refractivity contribution in [3.05, 3.63) is 86.7 Å². The fourth-order valence-corrected chi connectivity index (χ4v) is 3.30. The molecule has 0 saturated carbocycles. The Hall–Kier alpha value is -3.91. The zero-order chi connectivity index (χ0) is 20.7. The van der Waals surface area contributed by atoms with Crippen molar-refractivity contribution in [1.29, 1.82) is 0 Å². The number of rotatable bonds is 3. The first-order valence-corrected chi connectivity index (χ1v) is 8.82. The molecule has 144 valence electrons. The molecule has 4 rings (SSSR count). The highest BCUT2D eigenvalue weighted by molar-refractivity contribution is 6.34. The second-order valence-corrected chi connectivity index (χ2v) is 6.66. The monoisotopic (exact) mass is 408 g/mol. The smallest absolute Gasteiger partial charge is 0.262 e. The normalized spacial score (nSPS) is 12.4. The van der Waals surface area contributed by atoms with Gasteiger partial charge in [-0.15, -0.1) is 0 Å². The number of pyridine rings is 1. The number of anilines is 2. The summed E-state index contributed by atoms with van der Waals surface area (Å²) in [5.74, 6) is -1.82. The van der Waals surface area contributed by atoms with Gasteiger partial charge in [0.15, 0.2) is 0 Å². The predicted molar refractivity (Wildman–Crippen MR) is 108 cm³/mol. The molecule has 2 heterocycles. The summed E-state index contributed by atoms with van der Waals surface area (Å²) in [6.07, 6.45) is 0. The topological polar surface area (TPSA) is 123 Å². The summed E-state index contributed by atoms with van der Waals surface area (Å²) in [7, 11) is 0. The largest absolute Gasteiger partial charge is 0.384 e. The van der Waals surface area contributed by atoms with Crippen LogP contribution in [0.4, 0.5) is 11.5 Å². The molecule has 0 unspecified atom stereocenters. The Kier molecular flexibility index (Phi) is 4.40. The van der Waals surface area contributed by atoms with Crippen LogP contribution in [0, 0.1) is 0 Å². The minimum absolute atomic E-state index is 0.0364. The van der Waals surface area contributed by atoms with Crippen LogP contribution in [0.25, 0.3) is 5.69 Å². The lowest BCUT2D eigenvalue weighted by Crippen LogP contribution is -2.24. The third-order valence-corrected chi connectivity index (χ3v) is 4.78. The SMILES string of the molecule is Nc1c2c(cc(=O)n1-c1ccc(NC(=O)c3ccccc3Cl)cc1)C(=O)NC2=O. The number of nitrogens with zero attached hydrogens (tertiary/aromatic N) is 1. The van der Waals surface area contributed by atoms with Crippen molar-refractivity contribution in [2.75, 3.05) is 11.1 Å². The Labute approximate surface area is 168 Å². The van der Waals surface area contributed by atoms with Gasteiger partial charge < -0.3 is 11.1 Å². The first kappa shape index (κ1) is 18.5. The van der Waals surface area contributed by atoms with Crippen molar-refractivity contribution in [1.82, 2.24) is 9.88 Å². The van der Waals surface area contributed by atoms with E-state index in [9.17, 15) is 19.2 Å². The molecule has 3 aromatic rings. The number of aromatic nitrogens is 1. The number of nitrogen functional groups attached to an aromatic ring is 1. The molecule has 0 fully saturated rings.